The molecule has 0 aliphatic carbocycles. The minimum atomic E-state index is -0.308. The maximum absolute atomic E-state index is 12.6. The van der Waals surface area contributed by atoms with E-state index in [4.69, 9.17) is 34.8 Å². The number of hydrogen-bond acceptors (Lipinski definition) is 3. The average Bonchev–Trinajstić information content (AvgIpc) is 2.96. The number of rotatable bonds is 4. The zero-order valence-corrected chi connectivity index (χ0v) is 17.5. The Morgan fingerprint density at radius 1 is 0.966 bits per heavy atom. The lowest BCUT2D eigenvalue weighted by atomic mass is 10.0. The molecule has 2 aromatic heterocycles. The first-order chi connectivity index (χ1) is 13.9. The van der Waals surface area contributed by atoms with Gasteiger partial charge in [-0.2, -0.15) is 5.10 Å². The quantitative estimate of drug-likeness (QED) is 0.416. The number of halogens is 3. The van der Waals surface area contributed by atoms with Gasteiger partial charge >= 0.3 is 0 Å². The molecule has 2 heterocycles. The highest BCUT2D eigenvalue weighted by Gasteiger charge is 2.18. The third-order valence-electron chi connectivity index (χ3n) is 4.71. The molecule has 0 N–H and O–H groups in total. The Morgan fingerprint density at radius 3 is 2.17 bits per heavy atom. The highest BCUT2D eigenvalue weighted by molar-refractivity contribution is 6.45. The van der Waals surface area contributed by atoms with E-state index in [1.807, 2.05) is 12.1 Å². The predicted octanol–water partition coefficient (Wildman–Crippen LogP) is 4.97. The van der Waals surface area contributed by atoms with Crippen LogP contribution < -0.4 is 5.56 Å². The maximum atomic E-state index is 12.6. The summed E-state index contributed by atoms with van der Waals surface area (Å²) in [5.41, 5.74) is 2.28. The summed E-state index contributed by atoms with van der Waals surface area (Å²) in [5, 5.41) is 5.45. The van der Waals surface area contributed by atoms with E-state index in [0.29, 0.717) is 33.6 Å². The van der Waals surface area contributed by atoms with E-state index in [-0.39, 0.29) is 21.5 Å². The second-order valence-corrected chi connectivity index (χ2v) is 7.73. The van der Waals surface area contributed by atoms with Crippen LogP contribution in [0.3, 0.4) is 0 Å². The van der Waals surface area contributed by atoms with Crippen molar-refractivity contribution >= 4 is 51.5 Å². The molecule has 4 aromatic rings. The van der Waals surface area contributed by atoms with Crippen molar-refractivity contribution in [2.24, 2.45) is 7.05 Å². The van der Waals surface area contributed by atoms with E-state index in [0.717, 1.165) is 5.56 Å². The highest BCUT2D eigenvalue weighted by Crippen LogP contribution is 2.32. The van der Waals surface area contributed by atoms with Crippen molar-refractivity contribution in [2.45, 2.75) is 6.54 Å². The Balaban J connectivity index is 1.65. The summed E-state index contributed by atoms with van der Waals surface area (Å²) in [7, 11) is 1.56. The summed E-state index contributed by atoms with van der Waals surface area (Å²) in [5.74, 6) is -0.0894. The van der Waals surface area contributed by atoms with Crippen LogP contribution in [0.15, 0.2) is 59.5 Å². The molecule has 2 aromatic carbocycles. The summed E-state index contributed by atoms with van der Waals surface area (Å²) in [4.78, 5) is 24.9. The van der Waals surface area contributed by atoms with Crippen molar-refractivity contribution in [2.75, 3.05) is 0 Å². The molecule has 0 spiro atoms. The first-order valence-electron chi connectivity index (χ1n) is 8.65. The standard InChI is InChI=1S/C21H14Cl3N3O2/c1-26-21(29)17-16(10-25-26)27(20(24)18(17)23)11-12-2-4-13(5-3-12)19(28)14-6-8-15(22)9-7-14/h2-10H,11H2,1H3. The Morgan fingerprint density at radius 2 is 1.55 bits per heavy atom. The van der Waals surface area contributed by atoms with E-state index in [9.17, 15) is 9.59 Å². The van der Waals surface area contributed by atoms with E-state index in [1.165, 1.54) is 4.68 Å². The van der Waals surface area contributed by atoms with Gasteiger partial charge in [0.2, 0.25) is 0 Å². The average molecular weight is 447 g/mol. The van der Waals surface area contributed by atoms with Crippen molar-refractivity contribution in [3.8, 4) is 0 Å². The fraction of sp³-hybridized carbons (Fsp3) is 0.0952. The number of ketones is 1. The van der Waals surface area contributed by atoms with Crippen LogP contribution in [0.25, 0.3) is 10.9 Å². The highest BCUT2D eigenvalue weighted by atomic mass is 35.5. The summed E-state index contributed by atoms with van der Waals surface area (Å²) >= 11 is 18.5. The fourth-order valence-corrected chi connectivity index (χ4v) is 3.79. The Bertz CT molecular complexity index is 1290. The number of aryl methyl sites for hydroxylation is 1. The molecule has 146 valence electrons. The molecule has 0 fully saturated rings. The number of fused-ring (bicyclic) bond motifs is 1. The smallest absolute Gasteiger partial charge is 0.277 e. The molecule has 8 heteroatoms. The van der Waals surface area contributed by atoms with Crippen LogP contribution in [0.4, 0.5) is 0 Å². The molecule has 0 bridgehead atoms. The van der Waals surface area contributed by atoms with E-state index in [2.05, 4.69) is 5.10 Å². The number of carbonyl (C=O) groups excluding carboxylic acids is 1. The molecule has 0 aliphatic heterocycles. The Labute approximate surface area is 181 Å². The van der Waals surface area contributed by atoms with Gasteiger partial charge in [-0.1, -0.05) is 59.1 Å². The molecule has 0 unspecified atom stereocenters. The first-order valence-corrected chi connectivity index (χ1v) is 9.79. The van der Waals surface area contributed by atoms with Crippen molar-refractivity contribution in [1.29, 1.82) is 0 Å². The van der Waals surface area contributed by atoms with E-state index in [1.54, 1.807) is 54.2 Å². The van der Waals surface area contributed by atoms with Gasteiger partial charge in [0, 0.05) is 29.7 Å². The Kier molecular flexibility index (Phi) is 5.21. The lowest BCUT2D eigenvalue weighted by molar-refractivity contribution is 0.103. The largest absolute Gasteiger partial charge is 0.324 e. The van der Waals surface area contributed by atoms with Crippen LogP contribution in [-0.4, -0.2) is 20.1 Å². The van der Waals surface area contributed by atoms with Crippen LogP contribution in [0, 0.1) is 0 Å². The third-order valence-corrected chi connectivity index (χ3v) is 5.82. The fourth-order valence-electron chi connectivity index (χ4n) is 3.13. The minimum absolute atomic E-state index is 0.0894. The van der Waals surface area contributed by atoms with Gasteiger partial charge in [-0.05, 0) is 29.8 Å². The SMILES string of the molecule is Cn1ncc2c(c(Cl)c(Cl)n2Cc2ccc(C(=O)c3ccc(Cl)cc3)cc2)c1=O. The van der Waals surface area contributed by atoms with Crippen LogP contribution >= 0.6 is 34.8 Å². The van der Waals surface area contributed by atoms with Gasteiger partial charge < -0.3 is 4.57 Å². The lowest BCUT2D eigenvalue weighted by Crippen LogP contribution is -2.19. The van der Waals surface area contributed by atoms with Crippen LogP contribution in [0.5, 0.6) is 0 Å². The molecule has 0 aliphatic rings. The molecular formula is C21H14Cl3N3O2. The van der Waals surface area contributed by atoms with Gasteiger partial charge in [0.25, 0.3) is 5.56 Å². The lowest BCUT2D eigenvalue weighted by Gasteiger charge is -2.08. The number of carbonyl (C=O) groups is 1. The molecule has 29 heavy (non-hydrogen) atoms. The predicted molar refractivity (Wildman–Crippen MR) is 115 cm³/mol. The topological polar surface area (TPSA) is 56.9 Å². The van der Waals surface area contributed by atoms with Crippen LogP contribution in [-0.2, 0) is 13.6 Å². The van der Waals surface area contributed by atoms with Gasteiger partial charge in [-0.3, -0.25) is 9.59 Å². The molecule has 0 atom stereocenters. The Hall–Kier alpha value is -2.60. The van der Waals surface area contributed by atoms with Gasteiger partial charge in [0.1, 0.15) is 5.15 Å². The van der Waals surface area contributed by atoms with Gasteiger partial charge in [-0.25, -0.2) is 4.68 Å². The number of hydrogen-bond donors (Lipinski definition) is 0. The number of nitrogens with zero attached hydrogens (tertiary/aromatic N) is 3. The van der Waals surface area contributed by atoms with Crippen molar-refractivity contribution in [1.82, 2.24) is 14.3 Å². The molecule has 4 rings (SSSR count). The van der Waals surface area contributed by atoms with Crippen LogP contribution in [0.1, 0.15) is 21.5 Å². The second kappa shape index (κ2) is 7.67. The van der Waals surface area contributed by atoms with E-state index >= 15 is 0 Å². The maximum Gasteiger partial charge on any atom is 0.277 e. The first kappa shape index (κ1) is 19.7. The monoisotopic (exact) mass is 445 g/mol. The van der Waals surface area contributed by atoms with Crippen molar-refractivity contribution in [3.05, 3.63) is 97.0 Å². The van der Waals surface area contributed by atoms with Gasteiger partial charge in [0.15, 0.2) is 5.78 Å². The van der Waals surface area contributed by atoms with E-state index < -0.39 is 0 Å². The van der Waals surface area contributed by atoms with Crippen LogP contribution in [0.2, 0.25) is 15.2 Å². The number of aromatic nitrogens is 3. The number of benzene rings is 2. The molecule has 0 saturated heterocycles. The summed E-state index contributed by atoms with van der Waals surface area (Å²) < 4.78 is 2.94. The second-order valence-electron chi connectivity index (χ2n) is 6.56. The third kappa shape index (κ3) is 3.57. The molecule has 0 saturated carbocycles. The zero-order chi connectivity index (χ0) is 20.7. The van der Waals surface area contributed by atoms with Gasteiger partial charge in [-0.15, -0.1) is 0 Å². The summed E-state index contributed by atoms with van der Waals surface area (Å²) in [6.07, 6.45) is 1.56. The normalized spacial score (nSPS) is 11.2. The molecular weight excluding hydrogens is 433 g/mol. The minimum Gasteiger partial charge on any atom is -0.324 e. The summed E-state index contributed by atoms with van der Waals surface area (Å²) in [6.45, 7) is 0.381. The molecule has 0 radical (unpaired) electrons. The zero-order valence-electron chi connectivity index (χ0n) is 15.2. The van der Waals surface area contributed by atoms with Crippen molar-refractivity contribution < 1.29 is 4.79 Å². The summed E-state index contributed by atoms with van der Waals surface area (Å²) in [6, 6.07) is 13.9. The van der Waals surface area contributed by atoms with Gasteiger partial charge in [0.05, 0.1) is 22.1 Å². The van der Waals surface area contributed by atoms with Crippen molar-refractivity contribution in [3.63, 3.8) is 0 Å². The molecule has 5 nitrogen and oxygen atoms in total. The molecule has 0 amide bonds.